The van der Waals surface area contributed by atoms with E-state index in [2.05, 4.69) is 213 Å². The van der Waals surface area contributed by atoms with E-state index in [-0.39, 0.29) is 0 Å². The summed E-state index contributed by atoms with van der Waals surface area (Å²) in [5.74, 6) is 1.87. The van der Waals surface area contributed by atoms with Gasteiger partial charge in [-0.1, -0.05) is 47.5 Å². The molecule has 0 saturated heterocycles. The molecule has 0 amide bonds. The van der Waals surface area contributed by atoms with Gasteiger partial charge in [-0.05, 0) is 13.8 Å². The first-order valence-electron chi connectivity index (χ1n) is 21.9. The third kappa shape index (κ3) is 6.93. The van der Waals surface area contributed by atoms with Crippen molar-refractivity contribution in [2.45, 2.75) is 13.8 Å². The Hall–Kier alpha value is -7.67. The molecule has 11 aromatic rings. The van der Waals surface area contributed by atoms with Gasteiger partial charge in [0.2, 0.25) is 0 Å². The number of hydrogen-bond acceptors (Lipinski definition) is 3. The molecule has 0 fully saturated rings. The summed E-state index contributed by atoms with van der Waals surface area (Å²) in [6, 6.07) is 83.6. The molecule has 0 saturated carbocycles. The molecule has 0 aliphatic rings. The summed E-state index contributed by atoms with van der Waals surface area (Å²) in [6.07, 6.45) is 0. The summed E-state index contributed by atoms with van der Waals surface area (Å²) in [5, 5.41) is 2.44. The Balaban J connectivity index is 1.15. The van der Waals surface area contributed by atoms with Gasteiger partial charge >= 0.3 is 317 Å². The molecule has 5 heteroatoms. The number of aryl methyl sites for hydroxylation is 2. The molecule has 9 aromatic carbocycles. The Morgan fingerprint density at radius 1 is 0.328 bits per heavy atom. The van der Waals surface area contributed by atoms with Gasteiger partial charge in [-0.3, -0.25) is 0 Å². The zero-order chi connectivity index (χ0) is 43.0. The van der Waals surface area contributed by atoms with E-state index in [4.69, 9.17) is 15.0 Å². The first-order chi connectivity index (χ1) is 31.5. The van der Waals surface area contributed by atoms with Crippen molar-refractivity contribution in [2.24, 2.45) is 0 Å². The fraction of sp³-hybridized carbons (Fsp3) is 0.0339. The van der Waals surface area contributed by atoms with Crippen molar-refractivity contribution in [3.05, 3.63) is 242 Å². The van der Waals surface area contributed by atoms with E-state index in [9.17, 15) is 0 Å². The second kappa shape index (κ2) is 16.6. The second-order valence-electron chi connectivity index (χ2n) is 16.6. The zero-order valence-electron chi connectivity index (χ0n) is 35.7. The number of benzene rings is 9. The molecule has 4 nitrogen and oxygen atoms in total. The standard InChI is InChI=1S/C59H44GeN4/c1-41-28-35-54-51(38-41)52-39-42(2)29-36-55(52)64(54)56-37-32-46(40-53(56)59-62-57(44-18-8-3-9-19-44)61-58(63-59)45-20-10-4-11-21-45)43-30-33-50(34-31-43)60(47-22-12-5-13-23-47,48-24-14-6-15-25-48)49-26-16-7-17-27-49/h3-40H,1-2H3. The van der Waals surface area contributed by atoms with Gasteiger partial charge in [0.15, 0.2) is 0 Å². The van der Waals surface area contributed by atoms with Crippen molar-refractivity contribution in [3.63, 3.8) is 0 Å². The Labute approximate surface area is 376 Å². The molecule has 2 heterocycles. The van der Waals surface area contributed by atoms with Gasteiger partial charge < -0.3 is 0 Å². The van der Waals surface area contributed by atoms with Gasteiger partial charge in [0.1, 0.15) is 0 Å². The molecule has 0 atom stereocenters. The van der Waals surface area contributed by atoms with Crippen molar-refractivity contribution in [2.75, 3.05) is 0 Å². The molecular formula is C59H44GeN4. The van der Waals surface area contributed by atoms with E-state index >= 15 is 0 Å². The molecule has 64 heavy (non-hydrogen) atoms. The molecule has 0 unspecified atom stereocenters. The van der Waals surface area contributed by atoms with Crippen molar-refractivity contribution < 1.29 is 0 Å². The fourth-order valence-electron chi connectivity index (χ4n) is 9.51. The summed E-state index contributed by atoms with van der Waals surface area (Å²) >= 11 is -3.46. The second-order valence-corrected chi connectivity index (χ2v) is 24.6. The molecule has 304 valence electrons. The van der Waals surface area contributed by atoms with Gasteiger partial charge in [0, 0.05) is 0 Å². The number of aromatic nitrogens is 4. The third-order valence-electron chi connectivity index (χ3n) is 12.5. The summed E-state index contributed by atoms with van der Waals surface area (Å²) in [6.45, 7) is 4.33. The quantitative estimate of drug-likeness (QED) is 0.136. The first kappa shape index (κ1) is 39.2. The van der Waals surface area contributed by atoms with Gasteiger partial charge in [-0.2, -0.15) is 0 Å². The van der Waals surface area contributed by atoms with Crippen LogP contribution < -0.4 is 17.6 Å². The summed E-state index contributed by atoms with van der Waals surface area (Å²) in [4.78, 5) is 15.7. The first-order valence-corrected chi connectivity index (χ1v) is 26.0. The monoisotopic (exact) mass is 882 g/mol. The zero-order valence-corrected chi connectivity index (χ0v) is 37.8. The van der Waals surface area contributed by atoms with E-state index in [1.54, 1.807) is 0 Å². The Bertz CT molecular complexity index is 3210. The van der Waals surface area contributed by atoms with Gasteiger partial charge in [-0.25, -0.2) is 0 Å². The van der Waals surface area contributed by atoms with Crippen LogP contribution in [0.15, 0.2) is 231 Å². The minimum absolute atomic E-state index is 0.613. The summed E-state index contributed by atoms with van der Waals surface area (Å²) in [7, 11) is 0. The van der Waals surface area contributed by atoms with Crippen LogP contribution in [0.2, 0.25) is 0 Å². The molecule has 2 aromatic heterocycles. The molecule has 11 rings (SSSR count). The van der Waals surface area contributed by atoms with Crippen molar-refractivity contribution in [1.82, 2.24) is 19.5 Å². The van der Waals surface area contributed by atoms with Gasteiger partial charge in [0.25, 0.3) is 0 Å². The Morgan fingerprint density at radius 3 is 1.17 bits per heavy atom. The van der Waals surface area contributed by atoms with Crippen LogP contribution in [0.25, 0.3) is 72.8 Å². The Kier molecular flexibility index (Phi) is 10.1. The molecule has 0 aliphatic carbocycles. The number of fused-ring (bicyclic) bond motifs is 3. The SMILES string of the molecule is Cc1ccc2c(c1)c1cc(C)ccc1n2-c1ccc(-c2cc[c]([Ge]([c]3ccccc3)([c]3ccccc3)[c]3ccccc3)cc2)cc1-c1nc(-c2ccccc2)nc(-c2ccccc2)n1. The maximum atomic E-state index is 5.31. The van der Waals surface area contributed by atoms with E-state index in [0.717, 1.165) is 44.5 Å². The summed E-state index contributed by atoms with van der Waals surface area (Å²) in [5.41, 5.74) is 10.7. The van der Waals surface area contributed by atoms with E-state index in [1.165, 1.54) is 39.5 Å². The molecule has 0 N–H and O–H groups in total. The average Bonchev–Trinajstić information content (AvgIpc) is 3.67. The van der Waals surface area contributed by atoms with Gasteiger partial charge in [-0.15, -0.1) is 0 Å². The van der Waals surface area contributed by atoms with Crippen LogP contribution in [0.1, 0.15) is 11.1 Å². The number of nitrogens with zero attached hydrogens (tertiary/aromatic N) is 4. The molecule has 0 bridgehead atoms. The van der Waals surface area contributed by atoms with Crippen molar-refractivity contribution >= 4 is 52.7 Å². The van der Waals surface area contributed by atoms with Crippen LogP contribution in [0.4, 0.5) is 0 Å². The maximum absolute atomic E-state index is 5.31. The minimum atomic E-state index is -3.46. The topological polar surface area (TPSA) is 43.6 Å². The van der Waals surface area contributed by atoms with E-state index in [1.807, 2.05) is 36.4 Å². The van der Waals surface area contributed by atoms with E-state index in [0.29, 0.717) is 17.5 Å². The predicted octanol–water partition coefficient (Wildman–Crippen LogP) is 11.6. The van der Waals surface area contributed by atoms with Crippen LogP contribution in [0.3, 0.4) is 0 Å². The van der Waals surface area contributed by atoms with Crippen LogP contribution in [0.5, 0.6) is 0 Å². The third-order valence-corrected chi connectivity index (χ3v) is 22.6. The molecule has 0 spiro atoms. The molecule has 0 radical (unpaired) electrons. The fourth-order valence-corrected chi connectivity index (χ4v) is 19.5. The number of hydrogen-bond donors (Lipinski definition) is 0. The van der Waals surface area contributed by atoms with Gasteiger partial charge in [0.05, 0.1) is 0 Å². The van der Waals surface area contributed by atoms with Crippen molar-refractivity contribution in [1.29, 1.82) is 0 Å². The molecular weight excluding hydrogens is 837 g/mol. The average molecular weight is 882 g/mol. The van der Waals surface area contributed by atoms with Crippen LogP contribution in [-0.2, 0) is 0 Å². The van der Waals surface area contributed by atoms with E-state index < -0.39 is 13.3 Å². The van der Waals surface area contributed by atoms with Crippen molar-refractivity contribution in [3.8, 4) is 51.0 Å². The van der Waals surface area contributed by atoms with Crippen LogP contribution in [-0.4, -0.2) is 32.8 Å². The van der Waals surface area contributed by atoms with Crippen LogP contribution in [0, 0.1) is 13.8 Å². The predicted molar refractivity (Wildman–Crippen MR) is 269 cm³/mol. The normalized spacial score (nSPS) is 11.6. The molecule has 0 aliphatic heterocycles. The Morgan fingerprint density at radius 2 is 0.719 bits per heavy atom. The summed E-state index contributed by atoms with van der Waals surface area (Å²) < 4.78 is 7.96. The van der Waals surface area contributed by atoms with Crippen LogP contribution >= 0.6 is 0 Å². The number of rotatable bonds is 9.